The van der Waals surface area contributed by atoms with Gasteiger partial charge in [-0.05, 0) is 19.1 Å². The quantitative estimate of drug-likeness (QED) is 0.759. The summed E-state index contributed by atoms with van der Waals surface area (Å²) in [4.78, 5) is 11.8. The van der Waals surface area contributed by atoms with Crippen LogP contribution in [0.3, 0.4) is 0 Å². The van der Waals surface area contributed by atoms with E-state index in [1.165, 1.54) is 0 Å². The van der Waals surface area contributed by atoms with E-state index in [-0.39, 0.29) is 5.91 Å². The Hall–Kier alpha value is -1.55. The molecule has 0 radical (unpaired) electrons. The van der Waals surface area contributed by atoms with Gasteiger partial charge in [-0.25, -0.2) is 5.01 Å². The number of nitrogens with zero attached hydrogens (tertiary/aromatic N) is 1. The summed E-state index contributed by atoms with van der Waals surface area (Å²) in [6.45, 7) is 1.94. The number of amides is 1. The molecule has 0 aromatic heterocycles. The fraction of sp³-hybridized carbons (Fsp3) is 0.364. The number of nitrogens with one attached hydrogen (secondary N) is 1. The van der Waals surface area contributed by atoms with Gasteiger partial charge >= 0.3 is 0 Å². The Morgan fingerprint density at radius 1 is 1.40 bits per heavy atom. The van der Waals surface area contributed by atoms with Gasteiger partial charge in [-0.15, -0.1) is 0 Å². The van der Waals surface area contributed by atoms with Gasteiger partial charge in [-0.1, -0.05) is 11.6 Å². The average molecular weight is 208 g/mol. The van der Waals surface area contributed by atoms with Gasteiger partial charge in [-0.2, -0.15) is 0 Å². The third-order valence-electron chi connectivity index (χ3n) is 1.92. The molecule has 1 rings (SSSR count). The predicted molar refractivity (Wildman–Crippen MR) is 58.9 cm³/mol. The zero-order valence-electron chi connectivity index (χ0n) is 9.50. The lowest BCUT2D eigenvalue weighted by atomic mass is 10.1. The topological polar surface area (TPSA) is 41.6 Å². The van der Waals surface area contributed by atoms with E-state index in [1.807, 2.05) is 13.0 Å². The normalized spacial score (nSPS) is 10.2. The maximum atomic E-state index is 11.8. The van der Waals surface area contributed by atoms with E-state index in [2.05, 4.69) is 5.43 Å². The molecule has 0 aliphatic rings. The number of ether oxygens (including phenoxy) is 1. The van der Waals surface area contributed by atoms with Gasteiger partial charge in [0.25, 0.3) is 5.91 Å². The molecule has 82 valence electrons. The molecule has 0 saturated heterocycles. The van der Waals surface area contributed by atoms with E-state index in [1.54, 1.807) is 38.3 Å². The zero-order chi connectivity index (χ0) is 11.4. The molecule has 0 aliphatic carbocycles. The van der Waals surface area contributed by atoms with Crippen LogP contribution in [0.2, 0.25) is 0 Å². The number of carbonyl (C=O) groups is 1. The van der Waals surface area contributed by atoms with Crippen molar-refractivity contribution >= 4 is 5.91 Å². The fourth-order valence-corrected chi connectivity index (χ4v) is 1.26. The Bertz CT molecular complexity index is 362. The summed E-state index contributed by atoms with van der Waals surface area (Å²) in [6.07, 6.45) is 0. The molecular formula is C11H16N2O2. The Balaban J connectivity index is 3.00. The first kappa shape index (κ1) is 11.5. The van der Waals surface area contributed by atoms with Gasteiger partial charge in [0.2, 0.25) is 0 Å². The van der Waals surface area contributed by atoms with Crippen LogP contribution in [0, 0.1) is 6.92 Å². The number of hydrazine groups is 1. The van der Waals surface area contributed by atoms with Crippen molar-refractivity contribution in [1.29, 1.82) is 0 Å². The second kappa shape index (κ2) is 4.79. The Labute approximate surface area is 89.8 Å². The smallest absolute Gasteiger partial charge is 0.269 e. The van der Waals surface area contributed by atoms with E-state index in [0.717, 1.165) is 5.56 Å². The SMILES string of the molecule is COc1ccc(C)cc1C(=O)NN(C)C. The lowest BCUT2D eigenvalue weighted by Crippen LogP contribution is -2.36. The van der Waals surface area contributed by atoms with Crippen molar-refractivity contribution in [3.8, 4) is 5.75 Å². The Morgan fingerprint density at radius 3 is 2.60 bits per heavy atom. The number of benzene rings is 1. The average Bonchev–Trinajstić information content (AvgIpc) is 2.16. The minimum atomic E-state index is -0.166. The molecule has 0 heterocycles. The fourth-order valence-electron chi connectivity index (χ4n) is 1.26. The number of hydrogen-bond donors (Lipinski definition) is 1. The first-order chi connectivity index (χ1) is 7.04. The van der Waals surface area contributed by atoms with E-state index in [0.29, 0.717) is 11.3 Å². The molecule has 0 aliphatic heterocycles. The van der Waals surface area contributed by atoms with Crippen LogP contribution in [0.4, 0.5) is 0 Å². The molecule has 4 nitrogen and oxygen atoms in total. The van der Waals surface area contributed by atoms with Crippen molar-refractivity contribution in [2.45, 2.75) is 6.92 Å². The standard InChI is InChI=1S/C11H16N2O2/c1-8-5-6-10(15-4)9(7-8)11(14)12-13(2)3/h5-7H,1-4H3,(H,12,14). The highest BCUT2D eigenvalue weighted by Crippen LogP contribution is 2.19. The zero-order valence-corrected chi connectivity index (χ0v) is 9.50. The van der Waals surface area contributed by atoms with Crippen molar-refractivity contribution in [3.63, 3.8) is 0 Å². The number of carbonyl (C=O) groups excluding carboxylic acids is 1. The summed E-state index contributed by atoms with van der Waals surface area (Å²) in [7, 11) is 5.08. The second-order valence-electron chi connectivity index (χ2n) is 3.54. The van der Waals surface area contributed by atoms with Gasteiger partial charge in [0.15, 0.2) is 0 Å². The molecule has 15 heavy (non-hydrogen) atoms. The van der Waals surface area contributed by atoms with Crippen molar-refractivity contribution in [1.82, 2.24) is 10.4 Å². The monoisotopic (exact) mass is 208 g/mol. The van der Waals surface area contributed by atoms with Crippen LogP contribution in [-0.4, -0.2) is 32.1 Å². The molecule has 0 bridgehead atoms. The largest absolute Gasteiger partial charge is 0.496 e. The van der Waals surface area contributed by atoms with Gasteiger partial charge < -0.3 is 4.74 Å². The van der Waals surface area contributed by atoms with Gasteiger partial charge in [-0.3, -0.25) is 10.2 Å². The summed E-state index contributed by atoms with van der Waals surface area (Å²) in [5.41, 5.74) is 4.25. The number of hydrogen-bond acceptors (Lipinski definition) is 3. The summed E-state index contributed by atoms with van der Waals surface area (Å²) in [5.74, 6) is 0.417. The second-order valence-corrected chi connectivity index (χ2v) is 3.54. The molecule has 0 spiro atoms. The lowest BCUT2D eigenvalue weighted by molar-refractivity contribution is 0.0853. The van der Waals surface area contributed by atoms with Crippen LogP contribution in [-0.2, 0) is 0 Å². The van der Waals surface area contributed by atoms with Gasteiger partial charge in [0, 0.05) is 14.1 Å². The van der Waals surface area contributed by atoms with E-state index in [9.17, 15) is 4.79 Å². The highest BCUT2D eigenvalue weighted by molar-refractivity contribution is 5.96. The third-order valence-corrected chi connectivity index (χ3v) is 1.92. The molecule has 1 amide bonds. The predicted octanol–water partition coefficient (Wildman–Crippen LogP) is 1.21. The summed E-state index contributed by atoms with van der Waals surface area (Å²) < 4.78 is 5.12. The third kappa shape index (κ3) is 2.95. The van der Waals surface area contributed by atoms with Gasteiger partial charge in [0.1, 0.15) is 5.75 Å². The summed E-state index contributed by atoms with van der Waals surface area (Å²) >= 11 is 0. The number of methoxy groups -OCH3 is 1. The van der Waals surface area contributed by atoms with Crippen LogP contribution in [0.15, 0.2) is 18.2 Å². The van der Waals surface area contributed by atoms with Crippen LogP contribution in [0.1, 0.15) is 15.9 Å². The Kier molecular flexibility index (Phi) is 3.68. The molecule has 4 heteroatoms. The molecule has 0 fully saturated rings. The van der Waals surface area contributed by atoms with Crippen molar-refractivity contribution in [2.24, 2.45) is 0 Å². The molecule has 1 aromatic rings. The highest BCUT2D eigenvalue weighted by atomic mass is 16.5. The molecule has 1 N–H and O–H groups in total. The molecular weight excluding hydrogens is 192 g/mol. The number of aryl methyl sites for hydroxylation is 1. The van der Waals surface area contributed by atoms with Crippen molar-refractivity contribution in [3.05, 3.63) is 29.3 Å². The first-order valence-corrected chi connectivity index (χ1v) is 4.67. The van der Waals surface area contributed by atoms with Crippen LogP contribution >= 0.6 is 0 Å². The van der Waals surface area contributed by atoms with E-state index in [4.69, 9.17) is 4.74 Å². The van der Waals surface area contributed by atoms with Crippen LogP contribution in [0.5, 0.6) is 5.75 Å². The maximum Gasteiger partial charge on any atom is 0.269 e. The molecule has 0 atom stereocenters. The molecule has 0 saturated carbocycles. The first-order valence-electron chi connectivity index (χ1n) is 4.67. The minimum Gasteiger partial charge on any atom is -0.496 e. The van der Waals surface area contributed by atoms with Crippen molar-refractivity contribution < 1.29 is 9.53 Å². The van der Waals surface area contributed by atoms with Crippen molar-refractivity contribution in [2.75, 3.05) is 21.2 Å². The lowest BCUT2D eigenvalue weighted by Gasteiger charge is -2.14. The number of rotatable bonds is 3. The molecule has 0 unspecified atom stereocenters. The summed E-state index contributed by atoms with van der Waals surface area (Å²) in [5, 5.41) is 1.60. The van der Waals surface area contributed by atoms with E-state index < -0.39 is 0 Å². The van der Waals surface area contributed by atoms with Crippen LogP contribution < -0.4 is 10.2 Å². The highest BCUT2D eigenvalue weighted by Gasteiger charge is 2.12. The minimum absolute atomic E-state index is 0.166. The van der Waals surface area contributed by atoms with Gasteiger partial charge in [0.05, 0.1) is 12.7 Å². The summed E-state index contributed by atoms with van der Waals surface area (Å²) in [6, 6.07) is 5.50. The maximum absolute atomic E-state index is 11.8. The van der Waals surface area contributed by atoms with E-state index >= 15 is 0 Å². The molecule has 1 aromatic carbocycles. The van der Waals surface area contributed by atoms with Crippen LogP contribution in [0.25, 0.3) is 0 Å². The Morgan fingerprint density at radius 2 is 2.07 bits per heavy atom.